The Bertz CT molecular complexity index is 609. The van der Waals surface area contributed by atoms with Gasteiger partial charge in [-0.2, -0.15) is 0 Å². The van der Waals surface area contributed by atoms with Crippen molar-refractivity contribution >= 4 is 0 Å². The van der Waals surface area contributed by atoms with Gasteiger partial charge in [-0.1, -0.05) is 18.2 Å². The van der Waals surface area contributed by atoms with Gasteiger partial charge in [0.05, 0.1) is 6.10 Å². The molecule has 0 aliphatic rings. The van der Waals surface area contributed by atoms with E-state index in [0.717, 1.165) is 0 Å². The molecule has 0 aliphatic carbocycles. The third-order valence-electron chi connectivity index (χ3n) is 3.16. The van der Waals surface area contributed by atoms with E-state index in [4.69, 9.17) is 0 Å². The fourth-order valence-electron chi connectivity index (χ4n) is 2.03. The van der Waals surface area contributed by atoms with E-state index < -0.39 is 6.10 Å². The molecule has 0 amide bonds. The molecular formula is C15H16O5. The van der Waals surface area contributed by atoms with Crippen LogP contribution in [0.2, 0.25) is 0 Å². The average Bonchev–Trinajstić information content (AvgIpc) is 2.40. The van der Waals surface area contributed by atoms with E-state index in [9.17, 15) is 25.5 Å². The highest BCUT2D eigenvalue weighted by molar-refractivity contribution is 5.45. The van der Waals surface area contributed by atoms with E-state index >= 15 is 0 Å². The SMILES string of the molecule is Oc1ccc(CCC(O)c2cccc(O)c2O)c(O)c1. The number of hydrogen-bond donors (Lipinski definition) is 5. The van der Waals surface area contributed by atoms with Crippen molar-refractivity contribution in [3.63, 3.8) is 0 Å². The maximum Gasteiger partial charge on any atom is 0.163 e. The first kappa shape index (κ1) is 14.0. The molecule has 0 saturated heterocycles. The summed E-state index contributed by atoms with van der Waals surface area (Å²) in [6, 6.07) is 8.64. The van der Waals surface area contributed by atoms with Crippen LogP contribution in [-0.2, 0) is 6.42 Å². The largest absolute Gasteiger partial charge is 0.508 e. The molecule has 5 N–H and O–H groups in total. The summed E-state index contributed by atoms with van der Waals surface area (Å²) < 4.78 is 0. The first-order valence-electron chi connectivity index (χ1n) is 6.19. The van der Waals surface area contributed by atoms with Crippen molar-refractivity contribution in [2.45, 2.75) is 18.9 Å². The monoisotopic (exact) mass is 276 g/mol. The Kier molecular flexibility index (Phi) is 4.00. The molecule has 2 aromatic carbocycles. The summed E-state index contributed by atoms with van der Waals surface area (Å²) in [6.07, 6.45) is -0.340. The van der Waals surface area contributed by atoms with Crippen molar-refractivity contribution < 1.29 is 25.5 Å². The first-order chi connectivity index (χ1) is 9.49. The van der Waals surface area contributed by atoms with E-state index in [1.165, 1.54) is 30.3 Å². The third kappa shape index (κ3) is 2.95. The predicted molar refractivity (Wildman–Crippen MR) is 72.8 cm³/mol. The van der Waals surface area contributed by atoms with Crippen molar-refractivity contribution in [1.82, 2.24) is 0 Å². The van der Waals surface area contributed by atoms with Crippen LogP contribution in [-0.4, -0.2) is 25.5 Å². The van der Waals surface area contributed by atoms with Crippen molar-refractivity contribution in [2.75, 3.05) is 0 Å². The Balaban J connectivity index is 2.08. The van der Waals surface area contributed by atoms with Crippen LogP contribution in [0, 0.1) is 0 Å². The zero-order valence-electron chi connectivity index (χ0n) is 10.7. The Hall–Kier alpha value is -2.40. The maximum atomic E-state index is 10.0. The lowest BCUT2D eigenvalue weighted by Crippen LogP contribution is -2.00. The van der Waals surface area contributed by atoms with Crippen LogP contribution < -0.4 is 0 Å². The Morgan fingerprint density at radius 3 is 2.35 bits per heavy atom. The Morgan fingerprint density at radius 2 is 1.65 bits per heavy atom. The summed E-state index contributed by atoms with van der Waals surface area (Å²) >= 11 is 0. The highest BCUT2D eigenvalue weighted by Crippen LogP contribution is 2.35. The number of aliphatic hydroxyl groups excluding tert-OH is 1. The summed E-state index contributed by atoms with van der Waals surface area (Å²) in [7, 11) is 0. The van der Waals surface area contributed by atoms with Crippen LogP contribution in [0.3, 0.4) is 0 Å². The molecule has 1 unspecified atom stereocenters. The van der Waals surface area contributed by atoms with Crippen LogP contribution in [0.25, 0.3) is 0 Å². The highest BCUT2D eigenvalue weighted by atomic mass is 16.3. The number of rotatable bonds is 4. The smallest absolute Gasteiger partial charge is 0.163 e. The fraction of sp³-hybridized carbons (Fsp3) is 0.200. The Labute approximate surface area is 116 Å². The van der Waals surface area contributed by atoms with Gasteiger partial charge in [0, 0.05) is 11.6 Å². The molecule has 2 rings (SSSR count). The number of aromatic hydroxyl groups is 4. The van der Waals surface area contributed by atoms with E-state index in [2.05, 4.69) is 0 Å². The fourth-order valence-corrected chi connectivity index (χ4v) is 2.03. The number of aryl methyl sites for hydroxylation is 1. The molecule has 0 heterocycles. The van der Waals surface area contributed by atoms with Crippen LogP contribution >= 0.6 is 0 Å². The summed E-state index contributed by atoms with van der Waals surface area (Å²) in [5.41, 5.74) is 0.824. The second-order valence-electron chi connectivity index (χ2n) is 4.58. The Morgan fingerprint density at radius 1 is 0.900 bits per heavy atom. The lowest BCUT2D eigenvalue weighted by atomic mass is 10.00. The topological polar surface area (TPSA) is 101 Å². The molecule has 0 saturated carbocycles. The second-order valence-corrected chi connectivity index (χ2v) is 4.58. The molecule has 1 atom stereocenters. The molecule has 0 bridgehead atoms. The molecule has 0 fully saturated rings. The summed E-state index contributed by atoms with van der Waals surface area (Å²) in [4.78, 5) is 0. The standard InChI is InChI=1S/C15H16O5/c16-10-6-4-9(14(19)8-10)5-7-12(17)11-2-1-3-13(18)15(11)20/h1-4,6,8,12,16-20H,5,7H2. The lowest BCUT2D eigenvalue weighted by molar-refractivity contribution is 0.163. The van der Waals surface area contributed by atoms with Crippen molar-refractivity contribution in [3.05, 3.63) is 47.5 Å². The van der Waals surface area contributed by atoms with Gasteiger partial charge in [-0.3, -0.25) is 0 Å². The molecule has 0 radical (unpaired) electrons. The number of phenolic OH excluding ortho intramolecular Hbond substituents is 4. The van der Waals surface area contributed by atoms with E-state index in [-0.39, 0.29) is 35.0 Å². The van der Waals surface area contributed by atoms with Gasteiger partial charge in [0.2, 0.25) is 0 Å². The number of para-hydroxylation sites is 1. The molecular weight excluding hydrogens is 260 g/mol. The zero-order chi connectivity index (χ0) is 14.7. The van der Waals surface area contributed by atoms with E-state index in [0.29, 0.717) is 12.0 Å². The first-order valence-corrected chi connectivity index (χ1v) is 6.19. The van der Waals surface area contributed by atoms with Gasteiger partial charge in [0.15, 0.2) is 11.5 Å². The van der Waals surface area contributed by atoms with Gasteiger partial charge in [0.1, 0.15) is 11.5 Å². The van der Waals surface area contributed by atoms with Gasteiger partial charge in [-0.15, -0.1) is 0 Å². The molecule has 2 aromatic rings. The third-order valence-corrected chi connectivity index (χ3v) is 3.16. The minimum absolute atomic E-state index is 0.0302. The van der Waals surface area contributed by atoms with Gasteiger partial charge in [-0.25, -0.2) is 0 Å². The molecule has 106 valence electrons. The number of phenols is 4. The minimum Gasteiger partial charge on any atom is -0.508 e. The second kappa shape index (κ2) is 5.71. The maximum absolute atomic E-state index is 10.0. The van der Waals surface area contributed by atoms with Crippen LogP contribution in [0.1, 0.15) is 23.7 Å². The van der Waals surface area contributed by atoms with Crippen LogP contribution in [0.15, 0.2) is 36.4 Å². The van der Waals surface area contributed by atoms with Crippen molar-refractivity contribution in [3.8, 4) is 23.0 Å². The van der Waals surface area contributed by atoms with Crippen LogP contribution in [0.5, 0.6) is 23.0 Å². The normalized spacial score (nSPS) is 12.2. The molecule has 0 spiro atoms. The quantitative estimate of drug-likeness (QED) is 0.551. The van der Waals surface area contributed by atoms with Gasteiger partial charge >= 0.3 is 0 Å². The van der Waals surface area contributed by atoms with Crippen molar-refractivity contribution in [2.24, 2.45) is 0 Å². The summed E-state index contributed by atoms with van der Waals surface area (Å²) in [5, 5.41) is 47.9. The van der Waals surface area contributed by atoms with Crippen molar-refractivity contribution in [1.29, 1.82) is 0 Å². The molecule has 0 aromatic heterocycles. The molecule has 20 heavy (non-hydrogen) atoms. The lowest BCUT2D eigenvalue weighted by Gasteiger charge is -2.13. The predicted octanol–water partition coefficient (Wildman–Crippen LogP) is 2.18. The summed E-state index contributed by atoms with van der Waals surface area (Å²) in [5.74, 6) is -0.696. The van der Waals surface area contributed by atoms with E-state index in [1.807, 2.05) is 0 Å². The average molecular weight is 276 g/mol. The highest BCUT2D eigenvalue weighted by Gasteiger charge is 2.15. The van der Waals surface area contributed by atoms with Crippen LogP contribution in [0.4, 0.5) is 0 Å². The van der Waals surface area contributed by atoms with Gasteiger partial charge < -0.3 is 25.5 Å². The van der Waals surface area contributed by atoms with E-state index in [1.54, 1.807) is 6.07 Å². The number of benzene rings is 2. The van der Waals surface area contributed by atoms with Gasteiger partial charge in [0.25, 0.3) is 0 Å². The minimum atomic E-state index is -0.963. The van der Waals surface area contributed by atoms with Gasteiger partial charge in [-0.05, 0) is 30.5 Å². The molecule has 5 nitrogen and oxygen atoms in total. The zero-order valence-corrected chi connectivity index (χ0v) is 10.7. The number of hydrogen-bond acceptors (Lipinski definition) is 5. The number of aliphatic hydroxyl groups is 1. The molecule has 5 heteroatoms. The summed E-state index contributed by atoms with van der Waals surface area (Å²) in [6.45, 7) is 0. The molecule has 0 aliphatic heterocycles.